The van der Waals surface area contributed by atoms with Crippen LogP contribution in [0.1, 0.15) is 24.4 Å². The maximum Gasteiger partial charge on any atom is 0.126 e. The molecule has 0 bridgehead atoms. The lowest BCUT2D eigenvalue weighted by atomic mass is 10.2. The van der Waals surface area contributed by atoms with E-state index in [-0.39, 0.29) is 0 Å². The molecule has 2 aromatic heterocycles. The van der Waals surface area contributed by atoms with E-state index in [4.69, 9.17) is 11.6 Å². The van der Waals surface area contributed by atoms with Crippen molar-refractivity contribution in [2.24, 2.45) is 0 Å². The highest BCUT2D eigenvalue weighted by Crippen LogP contribution is 2.21. The van der Waals surface area contributed by atoms with E-state index in [1.165, 1.54) is 4.88 Å². The topological polar surface area (TPSA) is 28.2 Å². The van der Waals surface area contributed by atoms with Gasteiger partial charge in [-0.25, -0.2) is 4.98 Å². The fourth-order valence-corrected chi connectivity index (χ4v) is 2.85. The molecule has 0 aromatic carbocycles. The molecule has 0 radical (unpaired) electrons. The summed E-state index contributed by atoms with van der Waals surface area (Å²) in [7, 11) is 1.87. The Hall–Kier alpha value is -1.10. The molecule has 0 aliphatic carbocycles. The van der Waals surface area contributed by atoms with Crippen LogP contribution in [0.15, 0.2) is 29.6 Å². The highest BCUT2D eigenvalue weighted by Gasteiger charge is 2.14. The second-order valence-corrected chi connectivity index (χ2v) is 6.39. The zero-order valence-corrected chi connectivity index (χ0v) is 13.6. The number of nitrogens with one attached hydrogen (secondary N) is 1. The van der Waals surface area contributed by atoms with Gasteiger partial charge in [-0.2, -0.15) is 0 Å². The van der Waals surface area contributed by atoms with Gasteiger partial charge in [-0.05, 0) is 37.4 Å². The molecule has 0 saturated carbocycles. The lowest BCUT2D eigenvalue weighted by molar-refractivity contribution is 0.203. The Morgan fingerprint density at radius 1 is 1.30 bits per heavy atom. The molecule has 0 atom stereocenters. The van der Waals surface area contributed by atoms with Crippen LogP contribution in [0.5, 0.6) is 0 Å². The molecule has 2 aromatic rings. The molecule has 20 heavy (non-hydrogen) atoms. The summed E-state index contributed by atoms with van der Waals surface area (Å²) in [6.45, 7) is 6.08. The summed E-state index contributed by atoms with van der Waals surface area (Å²) in [4.78, 5) is 8.30. The standard InChI is InChI=1S/C15H20ClN3S/c1-11(2)19(9-12-5-4-8-20-12)10-14-13(16)6-7-15(17-3)18-14/h4-8,11H,9-10H2,1-3H3,(H,17,18). The molecular formula is C15H20ClN3S. The predicted octanol–water partition coefficient (Wildman–Crippen LogP) is 4.25. The molecule has 0 saturated heterocycles. The number of nitrogens with zero attached hydrogens (tertiary/aromatic N) is 2. The van der Waals surface area contributed by atoms with Gasteiger partial charge in [-0.1, -0.05) is 17.7 Å². The minimum absolute atomic E-state index is 0.438. The van der Waals surface area contributed by atoms with Crippen molar-refractivity contribution in [1.29, 1.82) is 0 Å². The third-order valence-electron chi connectivity index (χ3n) is 3.20. The maximum absolute atomic E-state index is 6.27. The highest BCUT2D eigenvalue weighted by molar-refractivity contribution is 7.09. The van der Waals surface area contributed by atoms with Gasteiger partial charge in [0.25, 0.3) is 0 Å². The number of pyridine rings is 1. The Morgan fingerprint density at radius 3 is 2.70 bits per heavy atom. The van der Waals surface area contributed by atoms with Crippen LogP contribution >= 0.6 is 22.9 Å². The van der Waals surface area contributed by atoms with Gasteiger partial charge in [-0.15, -0.1) is 11.3 Å². The van der Waals surface area contributed by atoms with Crippen molar-refractivity contribution in [3.63, 3.8) is 0 Å². The second-order valence-electron chi connectivity index (χ2n) is 4.95. The number of aromatic nitrogens is 1. The molecule has 0 amide bonds. The molecule has 0 spiro atoms. The van der Waals surface area contributed by atoms with E-state index in [1.54, 1.807) is 11.3 Å². The summed E-state index contributed by atoms with van der Waals surface area (Å²) >= 11 is 8.05. The van der Waals surface area contributed by atoms with E-state index in [2.05, 4.69) is 46.6 Å². The number of hydrogen-bond acceptors (Lipinski definition) is 4. The van der Waals surface area contributed by atoms with Crippen molar-refractivity contribution in [3.8, 4) is 0 Å². The third kappa shape index (κ3) is 3.95. The van der Waals surface area contributed by atoms with Crippen LogP contribution < -0.4 is 5.32 Å². The molecule has 2 rings (SSSR count). The number of halogens is 1. The quantitative estimate of drug-likeness (QED) is 0.864. The molecule has 108 valence electrons. The van der Waals surface area contributed by atoms with Crippen molar-refractivity contribution >= 4 is 28.8 Å². The van der Waals surface area contributed by atoms with Crippen molar-refractivity contribution in [2.75, 3.05) is 12.4 Å². The van der Waals surface area contributed by atoms with Crippen LogP contribution in [-0.2, 0) is 13.1 Å². The average Bonchev–Trinajstić information content (AvgIpc) is 2.93. The minimum atomic E-state index is 0.438. The van der Waals surface area contributed by atoms with E-state index in [1.807, 2.05) is 19.2 Å². The van der Waals surface area contributed by atoms with Crippen molar-refractivity contribution < 1.29 is 0 Å². The zero-order valence-electron chi connectivity index (χ0n) is 12.1. The summed E-state index contributed by atoms with van der Waals surface area (Å²) in [5, 5.41) is 5.89. The van der Waals surface area contributed by atoms with Crippen LogP contribution in [0.25, 0.3) is 0 Å². The lowest BCUT2D eigenvalue weighted by Gasteiger charge is -2.26. The minimum Gasteiger partial charge on any atom is -0.373 e. The molecule has 0 aliphatic rings. The van der Waals surface area contributed by atoms with E-state index < -0.39 is 0 Å². The van der Waals surface area contributed by atoms with Crippen LogP contribution in [-0.4, -0.2) is 23.0 Å². The van der Waals surface area contributed by atoms with Gasteiger partial charge in [0.05, 0.1) is 10.7 Å². The number of anilines is 1. The van der Waals surface area contributed by atoms with Gasteiger partial charge in [-0.3, -0.25) is 4.90 Å². The van der Waals surface area contributed by atoms with Crippen molar-refractivity contribution in [3.05, 3.63) is 45.2 Å². The Bertz CT molecular complexity index is 540. The monoisotopic (exact) mass is 309 g/mol. The summed E-state index contributed by atoms with van der Waals surface area (Å²) in [6.07, 6.45) is 0. The van der Waals surface area contributed by atoms with Gasteiger partial charge >= 0.3 is 0 Å². The second kappa shape index (κ2) is 7.07. The number of rotatable bonds is 6. The molecular weight excluding hydrogens is 290 g/mol. The molecule has 3 nitrogen and oxygen atoms in total. The van der Waals surface area contributed by atoms with Gasteiger partial charge in [0.1, 0.15) is 5.82 Å². The Balaban J connectivity index is 2.15. The van der Waals surface area contributed by atoms with Crippen LogP contribution in [0.4, 0.5) is 5.82 Å². The van der Waals surface area contributed by atoms with Crippen LogP contribution in [0, 0.1) is 0 Å². The summed E-state index contributed by atoms with van der Waals surface area (Å²) < 4.78 is 0. The normalized spacial score (nSPS) is 11.3. The number of hydrogen-bond donors (Lipinski definition) is 1. The van der Waals surface area contributed by atoms with Crippen LogP contribution in [0.3, 0.4) is 0 Å². The first-order valence-electron chi connectivity index (χ1n) is 6.69. The first-order chi connectivity index (χ1) is 9.60. The fraction of sp³-hybridized carbons (Fsp3) is 0.400. The maximum atomic E-state index is 6.27. The number of thiophene rings is 1. The van der Waals surface area contributed by atoms with Gasteiger partial charge in [0, 0.05) is 31.1 Å². The summed E-state index contributed by atoms with van der Waals surface area (Å²) in [5.74, 6) is 0.851. The van der Waals surface area contributed by atoms with E-state index in [0.29, 0.717) is 6.04 Å². The van der Waals surface area contributed by atoms with Gasteiger partial charge < -0.3 is 5.32 Å². The molecule has 0 aliphatic heterocycles. The average molecular weight is 310 g/mol. The Kier molecular flexibility index (Phi) is 5.40. The van der Waals surface area contributed by atoms with Gasteiger partial charge in [0.2, 0.25) is 0 Å². The summed E-state index contributed by atoms with van der Waals surface area (Å²) in [5.41, 5.74) is 0.920. The van der Waals surface area contributed by atoms with E-state index in [9.17, 15) is 0 Å². The summed E-state index contributed by atoms with van der Waals surface area (Å²) in [6, 6.07) is 8.49. The molecule has 2 heterocycles. The Labute approximate surface area is 129 Å². The van der Waals surface area contributed by atoms with Gasteiger partial charge in [0.15, 0.2) is 0 Å². The molecule has 0 unspecified atom stereocenters. The molecule has 1 N–H and O–H groups in total. The zero-order chi connectivity index (χ0) is 14.5. The first-order valence-corrected chi connectivity index (χ1v) is 7.95. The Morgan fingerprint density at radius 2 is 2.10 bits per heavy atom. The van der Waals surface area contributed by atoms with E-state index in [0.717, 1.165) is 29.6 Å². The lowest BCUT2D eigenvalue weighted by Crippen LogP contribution is -2.30. The van der Waals surface area contributed by atoms with Crippen molar-refractivity contribution in [1.82, 2.24) is 9.88 Å². The molecule has 5 heteroatoms. The largest absolute Gasteiger partial charge is 0.373 e. The first kappa shape index (κ1) is 15.3. The smallest absolute Gasteiger partial charge is 0.126 e. The SMILES string of the molecule is CNc1ccc(Cl)c(CN(Cc2cccs2)C(C)C)n1. The predicted molar refractivity (Wildman–Crippen MR) is 87.5 cm³/mol. The fourth-order valence-electron chi connectivity index (χ4n) is 1.95. The third-order valence-corrected chi connectivity index (χ3v) is 4.40. The van der Waals surface area contributed by atoms with Crippen molar-refractivity contribution in [2.45, 2.75) is 33.0 Å². The highest BCUT2D eigenvalue weighted by atomic mass is 35.5. The van der Waals surface area contributed by atoms with E-state index >= 15 is 0 Å². The van der Waals surface area contributed by atoms with Crippen LogP contribution in [0.2, 0.25) is 5.02 Å². The molecule has 0 fully saturated rings.